The average molecular weight is 447 g/mol. The summed E-state index contributed by atoms with van der Waals surface area (Å²) in [4.78, 5) is 17.2. The maximum absolute atomic E-state index is 14.1. The maximum atomic E-state index is 14.1. The lowest BCUT2D eigenvalue weighted by atomic mass is 10.2. The number of amides is 1. The fraction of sp³-hybridized carbons (Fsp3) is 0.0500. The van der Waals surface area contributed by atoms with Gasteiger partial charge in [-0.1, -0.05) is 41.4 Å². The molecule has 2 aromatic carbocycles. The normalized spacial score (nSPS) is 10.9. The number of carbonyl (C=O) groups excluding carboxylic acids is 1. The highest BCUT2D eigenvalue weighted by Crippen LogP contribution is 2.28. The van der Waals surface area contributed by atoms with Crippen LogP contribution in [0.3, 0.4) is 0 Å². The molecule has 0 aliphatic carbocycles. The molecule has 5 nitrogen and oxygen atoms in total. The first kappa shape index (κ1) is 19.6. The summed E-state index contributed by atoms with van der Waals surface area (Å²) in [6, 6.07) is 13.1. The minimum atomic E-state index is -0.697. The number of hydrogen-bond donors (Lipinski definition) is 1. The molecule has 0 unspecified atom stereocenters. The second-order valence-electron chi connectivity index (χ2n) is 6.16. The number of benzene rings is 2. The molecule has 2 aromatic heterocycles. The molecule has 1 N–H and O–H groups in total. The van der Waals surface area contributed by atoms with Crippen molar-refractivity contribution in [2.75, 3.05) is 5.32 Å². The Morgan fingerprint density at radius 1 is 1.17 bits per heavy atom. The van der Waals surface area contributed by atoms with Crippen LogP contribution in [0.2, 0.25) is 10.0 Å². The van der Waals surface area contributed by atoms with Gasteiger partial charge in [0, 0.05) is 22.0 Å². The highest BCUT2D eigenvalue weighted by atomic mass is 35.5. The van der Waals surface area contributed by atoms with Gasteiger partial charge in [-0.2, -0.15) is 9.78 Å². The summed E-state index contributed by atoms with van der Waals surface area (Å²) < 4.78 is 15.6. The topological polar surface area (TPSA) is 59.8 Å². The Kier molecular flexibility index (Phi) is 5.36. The molecule has 9 heteroatoms. The van der Waals surface area contributed by atoms with Crippen molar-refractivity contribution >= 4 is 46.3 Å². The Labute approximate surface area is 179 Å². The molecule has 0 spiro atoms. The van der Waals surface area contributed by atoms with Crippen LogP contribution in [-0.2, 0) is 0 Å². The number of rotatable bonds is 4. The number of nitrogens with zero attached hydrogens (tertiary/aromatic N) is 3. The predicted octanol–water partition coefficient (Wildman–Crippen LogP) is 6.00. The molecule has 4 rings (SSSR count). The highest BCUT2D eigenvalue weighted by molar-refractivity contribution is 7.12. The van der Waals surface area contributed by atoms with Gasteiger partial charge >= 0.3 is 0 Å². The quantitative estimate of drug-likeness (QED) is 0.417. The number of hydrogen-bond acceptors (Lipinski definition) is 4. The highest BCUT2D eigenvalue weighted by Gasteiger charge is 2.19. The van der Waals surface area contributed by atoms with E-state index in [2.05, 4.69) is 15.4 Å². The molecule has 29 heavy (non-hydrogen) atoms. The Morgan fingerprint density at radius 3 is 2.66 bits per heavy atom. The van der Waals surface area contributed by atoms with Crippen molar-refractivity contribution in [3.63, 3.8) is 0 Å². The third-order valence-electron chi connectivity index (χ3n) is 4.08. The monoisotopic (exact) mass is 446 g/mol. The smallest absolute Gasteiger partial charge is 0.261 e. The van der Waals surface area contributed by atoms with E-state index in [0.29, 0.717) is 21.7 Å². The molecule has 0 atom stereocenters. The SMILES string of the molecule is Cc1cc(NC(=O)c2c(F)cccc2Cl)n(-c2nc(-c3ccc(Cl)cc3)cs2)n1. The molecule has 146 valence electrons. The van der Waals surface area contributed by atoms with E-state index in [1.165, 1.54) is 34.2 Å². The average Bonchev–Trinajstić information content (AvgIpc) is 3.29. The van der Waals surface area contributed by atoms with E-state index >= 15 is 0 Å². The van der Waals surface area contributed by atoms with E-state index in [1.54, 1.807) is 25.1 Å². The van der Waals surface area contributed by atoms with Crippen LogP contribution in [0.15, 0.2) is 53.9 Å². The lowest BCUT2D eigenvalue weighted by molar-refractivity contribution is 0.102. The van der Waals surface area contributed by atoms with Crippen LogP contribution in [0, 0.1) is 12.7 Å². The Hall–Kier alpha value is -2.74. The summed E-state index contributed by atoms with van der Waals surface area (Å²) in [5.74, 6) is -0.996. The number of anilines is 1. The van der Waals surface area contributed by atoms with Gasteiger partial charge < -0.3 is 5.32 Å². The Bertz CT molecular complexity index is 1180. The van der Waals surface area contributed by atoms with Gasteiger partial charge in [0.25, 0.3) is 5.91 Å². The largest absolute Gasteiger partial charge is 0.306 e. The van der Waals surface area contributed by atoms with Crippen LogP contribution >= 0.6 is 34.5 Å². The van der Waals surface area contributed by atoms with Crippen molar-refractivity contribution in [2.24, 2.45) is 0 Å². The van der Waals surface area contributed by atoms with Crippen LogP contribution in [0.4, 0.5) is 10.2 Å². The maximum Gasteiger partial charge on any atom is 0.261 e. The predicted molar refractivity (Wildman–Crippen MR) is 114 cm³/mol. The first-order valence-corrected chi connectivity index (χ1v) is 10.1. The molecule has 0 saturated heterocycles. The van der Waals surface area contributed by atoms with E-state index in [1.807, 2.05) is 17.5 Å². The third-order valence-corrected chi connectivity index (χ3v) is 5.46. The van der Waals surface area contributed by atoms with Gasteiger partial charge in [0.1, 0.15) is 11.6 Å². The standard InChI is InChI=1S/C20H13Cl2FN4OS/c1-11-9-17(25-19(28)18-14(22)3-2-4-15(18)23)27(26-11)20-24-16(10-29-20)12-5-7-13(21)8-6-12/h2-10H,1H3,(H,25,28). The van der Waals surface area contributed by atoms with Crippen molar-refractivity contribution in [2.45, 2.75) is 6.92 Å². The third kappa shape index (κ3) is 4.03. The van der Waals surface area contributed by atoms with Crippen molar-refractivity contribution in [3.8, 4) is 16.4 Å². The summed E-state index contributed by atoms with van der Waals surface area (Å²) in [6.45, 7) is 1.79. The molecule has 0 aliphatic heterocycles. The molecule has 0 aliphatic rings. The first-order chi connectivity index (χ1) is 13.9. The summed E-state index contributed by atoms with van der Waals surface area (Å²) in [5.41, 5.74) is 2.11. The molecule has 0 fully saturated rings. The van der Waals surface area contributed by atoms with Gasteiger partial charge in [-0.25, -0.2) is 9.37 Å². The van der Waals surface area contributed by atoms with E-state index < -0.39 is 11.7 Å². The lowest BCUT2D eigenvalue weighted by Gasteiger charge is -2.08. The van der Waals surface area contributed by atoms with Crippen LogP contribution in [-0.4, -0.2) is 20.7 Å². The van der Waals surface area contributed by atoms with Gasteiger partial charge in [-0.3, -0.25) is 4.79 Å². The molecule has 1 amide bonds. The number of aromatic nitrogens is 3. The zero-order valence-electron chi connectivity index (χ0n) is 15.0. The summed E-state index contributed by atoms with van der Waals surface area (Å²) >= 11 is 13.3. The number of thiazole rings is 1. The zero-order valence-corrected chi connectivity index (χ0v) is 17.3. The van der Waals surface area contributed by atoms with Crippen molar-refractivity contribution in [1.82, 2.24) is 14.8 Å². The summed E-state index contributed by atoms with van der Waals surface area (Å²) in [6.07, 6.45) is 0. The molecule has 0 saturated carbocycles. The molecular weight excluding hydrogens is 434 g/mol. The molecule has 0 radical (unpaired) electrons. The summed E-state index contributed by atoms with van der Waals surface area (Å²) in [5, 5.41) is 10.2. The van der Waals surface area contributed by atoms with Gasteiger partial charge in [-0.05, 0) is 31.2 Å². The fourth-order valence-corrected chi connectivity index (χ4v) is 3.91. The Balaban J connectivity index is 1.66. The molecule has 0 bridgehead atoms. The van der Waals surface area contributed by atoms with Crippen LogP contribution in [0.25, 0.3) is 16.4 Å². The van der Waals surface area contributed by atoms with Gasteiger partial charge in [0.2, 0.25) is 5.13 Å². The van der Waals surface area contributed by atoms with E-state index in [-0.39, 0.29) is 10.6 Å². The van der Waals surface area contributed by atoms with E-state index in [0.717, 1.165) is 11.3 Å². The second-order valence-corrected chi connectivity index (χ2v) is 7.84. The van der Waals surface area contributed by atoms with Crippen LogP contribution in [0.5, 0.6) is 0 Å². The van der Waals surface area contributed by atoms with E-state index in [9.17, 15) is 9.18 Å². The minimum Gasteiger partial charge on any atom is -0.306 e. The van der Waals surface area contributed by atoms with Crippen molar-refractivity contribution < 1.29 is 9.18 Å². The summed E-state index contributed by atoms with van der Waals surface area (Å²) in [7, 11) is 0. The number of aryl methyl sites for hydroxylation is 1. The van der Waals surface area contributed by atoms with Crippen LogP contribution in [0.1, 0.15) is 16.1 Å². The number of carbonyl (C=O) groups is 1. The second kappa shape index (κ2) is 7.94. The number of halogens is 3. The van der Waals surface area contributed by atoms with Crippen molar-refractivity contribution in [3.05, 3.63) is 81.0 Å². The number of nitrogens with one attached hydrogen (secondary N) is 1. The van der Waals surface area contributed by atoms with Gasteiger partial charge in [0.15, 0.2) is 0 Å². The van der Waals surface area contributed by atoms with Crippen LogP contribution < -0.4 is 5.32 Å². The molecule has 4 aromatic rings. The van der Waals surface area contributed by atoms with E-state index in [4.69, 9.17) is 23.2 Å². The fourth-order valence-electron chi connectivity index (χ4n) is 2.74. The minimum absolute atomic E-state index is 0.0320. The van der Waals surface area contributed by atoms with Gasteiger partial charge in [-0.15, -0.1) is 11.3 Å². The van der Waals surface area contributed by atoms with Crippen molar-refractivity contribution in [1.29, 1.82) is 0 Å². The first-order valence-electron chi connectivity index (χ1n) is 8.46. The zero-order chi connectivity index (χ0) is 20.5. The molecule has 2 heterocycles. The van der Waals surface area contributed by atoms with Gasteiger partial charge in [0.05, 0.1) is 22.0 Å². The lowest BCUT2D eigenvalue weighted by Crippen LogP contribution is -2.17. The Morgan fingerprint density at radius 2 is 1.93 bits per heavy atom. The molecular formula is C20H13Cl2FN4OS.